The molecule has 1 atom stereocenters. The largest absolute Gasteiger partial charge is 0.352 e. The van der Waals surface area contributed by atoms with Crippen LogP contribution in [0.1, 0.15) is 24.2 Å². The summed E-state index contributed by atoms with van der Waals surface area (Å²) in [7, 11) is 0. The van der Waals surface area contributed by atoms with Crippen LogP contribution in [0.2, 0.25) is 0 Å². The van der Waals surface area contributed by atoms with Crippen LogP contribution in [0.3, 0.4) is 0 Å². The molecule has 1 rings (SSSR count). The number of hydrogen-bond donors (Lipinski definition) is 2. The molecule has 2 amide bonds. The Kier molecular flexibility index (Phi) is 5.09. The Morgan fingerprint density at radius 3 is 2.67 bits per heavy atom. The molecule has 0 aromatic heterocycles. The molecule has 0 aliphatic carbocycles. The molecule has 0 heterocycles. The maximum atomic E-state index is 13.6. The smallest absolute Gasteiger partial charge is 0.256 e. The highest BCUT2D eigenvalue weighted by Gasteiger charge is 2.19. The first-order chi connectivity index (χ1) is 8.47. The van der Waals surface area contributed by atoms with Gasteiger partial charge in [0.2, 0.25) is 5.91 Å². The van der Waals surface area contributed by atoms with Crippen molar-refractivity contribution in [2.75, 3.05) is 11.9 Å². The summed E-state index contributed by atoms with van der Waals surface area (Å²) in [6.07, 6.45) is 0. The topological polar surface area (TPSA) is 58.2 Å². The third-order valence-electron chi connectivity index (χ3n) is 2.20. The van der Waals surface area contributed by atoms with Crippen LogP contribution in [-0.4, -0.2) is 23.7 Å². The number of rotatable bonds is 4. The molecule has 0 fully saturated rings. The first-order valence-electron chi connectivity index (χ1n) is 5.49. The van der Waals surface area contributed by atoms with E-state index >= 15 is 0 Å². The highest BCUT2D eigenvalue weighted by molar-refractivity contribution is 6.32. The summed E-state index contributed by atoms with van der Waals surface area (Å²) in [6, 6.07) is 4.02. The summed E-state index contributed by atoms with van der Waals surface area (Å²) in [6.45, 7) is 3.58. The summed E-state index contributed by atoms with van der Waals surface area (Å²) < 4.78 is 13.6. The van der Waals surface area contributed by atoms with Crippen molar-refractivity contribution < 1.29 is 14.0 Å². The maximum absolute atomic E-state index is 13.6. The number of hydrogen-bond acceptors (Lipinski definition) is 2. The molecule has 1 aromatic carbocycles. The van der Waals surface area contributed by atoms with Crippen LogP contribution in [0.15, 0.2) is 18.2 Å². The van der Waals surface area contributed by atoms with Crippen LogP contribution in [0.5, 0.6) is 0 Å². The van der Waals surface area contributed by atoms with Gasteiger partial charge in [-0.15, -0.1) is 11.6 Å². The van der Waals surface area contributed by atoms with Crippen LogP contribution in [-0.2, 0) is 4.79 Å². The minimum absolute atomic E-state index is 0.110. The number of carbonyl (C=O) groups excluding carboxylic acids is 2. The fourth-order valence-electron chi connectivity index (χ4n) is 1.34. The molecule has 0 spiro atoms. The Hall–Kier alpha value is -1.62. The molecule has 2 N–H and O–H groups in total. The Morgan fingerprint density at radius 2 is 2.11 bits per heavy atom. The summed E-state index contributed by atoms with van der Waals surface area (Å²) in [4.78, 5) is 23.2. The lowest BCUT2D eigenvalue weighted by Crippen LogP contribution is -2.27. The van der Waals surface area contributed by atoms with Gasteiger partial charge < -0.3 is 10.6 Å². The fraction of sp³-hybridized carbons (Fsp3) is 0.333. The van der Waals surface area contributed by atoms with Gasteiger partial charge in [0.1, 0.15) is 11.2 Å². The fourth-order valence-corrected chi connectivity index (χ4v) is 1.39. The van der Waals surface area contributed by atoms with Gasteiger partial charge in [0.05, 0.1) is 11.3 Å². The molecule has 0 aliphatic heterocycles. The number of alkyl halides is 1. The molecule has 18 heavy (non-hydrogen) atoms. The Labute approximate surface area is 110 Å². The third-order valence-corrected chi connectivity index (χ3v) is 2.40. The molecule has 1 aromatic rings. The van der Waals surface area contributed by atoms with E-state index in [1.54, 1.807) is 6.92 Å². The quantitative estimate of drug-likeness (QED) is 0.825. The molecular weight excluding hydrogens is 259 g/mol. The average Bonchev–Trinajstić information content (AvgIpc) is 2.29. The maximum Gasteiger partial charge on any atom is 0.256 e. The van der Waals surface area contributed by atoms with Gasteiger partial charge in [0, 0.05) is 6.54 Å². The number of benzene rings is 1. The highest BCUT2D eigenvalue weighted by Crippen LogP contribution is 2.19. The number of anilines is 1. The van der Waals surface area contributed by atoms with E-state index in [-0.39, 0.29) is 11.3 Å². The van der Waals surface area contributed by atoms with Gasteiger partial charge in [0.15, 0.2) is 0 Å². The van der Waals surface area contributed by atoms with Crippen LogP contribution >= 0.6 is 11.6 Å². The van der Waals surface area contributed by atoms with E-state index in [0.29, 0.717) is 6.54 Å². The van der Waals surface area contributed by atoms with Crippen molar-refractivity contribution in [3.8, 4) is 0 Å². The zero-order valence-corrected chi connectivity index (χ0v) is 10.8. The van der Waals surface area contributed by atoms with E-state index in [4.69, 9.17) is 11.6 Å². The average molecular weight is 273 g/mol. The van der Waals surface area contributed by atoms with E-state index in [1.807, 2.05) is 0 Å². The minimum atomic E-state index is -0.768. The van der Waals surface area contributed by atoms with Crippen LogP contribution < -0.4 is 10.6 Å². The van der Waals surface area contributed by atoms with Gasteiger partial charge in [-0.2, -0.15) is 0 Å². The summed E-state index contributed by atoms with van der Waals surface area (Å²) in [5, 5.41) is 4.13. The minimum Gasteiger partial charge on any atom is -0.352 e. The van der Waals surface area contributed by atoms with Crippen molar-refractivity contribution >= 4 is 29.1 Å². The number of amides is 2. The lowest BCUT2D eigenvalue weighted by Gasteiger charge is -2.12. The zero-order chi connectivity index (χ0) is 13.7. The van der Waals surface area contributed by atoms with Crippen molar-refractivity contribution in [3.05, 3.63) is 29.6 Å². The predicted molar refractivity (Wildman–Crippen MR) is 68.4 cm³/mol. The third kappa shape index (κ3) is 3.43. The Bertz CT molecular complexity index is 463. The normalized spacial score (nSPS) is 11.8. The van der Waals surface area contributed by atoms with E-state index in [9.17, 15) is 14.0 Å². The predicted octanol–water partition coefficient (Wildman–Crippen LogP) is 2.14. The monoisotopic (exact) mass is 272 g/mol. The lowest BCUT2D eigenvalue weighted by molar-refractivity contribution is -0.115. The second-order valence-electron chi connectivity index (χ2n) is 3.63. The highest BCUT2D eigenvalue weighted by atomic mass is 35.5. The number of carbonyl (C=O) groups is 2. The SMILES string of the molecule is CCNC(=O)c1c(F)cccc1NC(=O)C(C)Cl. The molecule has 0 saturated heterocycles. The number of halogens is 2. The standard InChI is InChI=1S/C12H14ClFN2O2/c1-3-15-12(18)10-8(14)5-4-6-9(10)16-11(17)7(2)13/h4-7H,3H2,1-2H3,(H,15,18)(H,16,17). The van der Waals surface area contributed by atoms with E-state index in [0.717, 1.165) is 6.07 Å². The molecule has 0 aliphatic rings. The molecular formula is C12H14ClFN2O2. The summed E-state index contributed by atoms with van der Waals surface area (Å²) in [5.74, 6) is -1.76. The van der Waals surface area contributed by atoms with Gasteiger partial charge in [0.25, 0.3) is 5.91 Å². The van der Waals surface area contributed by atoms with Crippen molar-refractivity contribution in [3.63, 3.8) is 0 Å². The Balaban J connectivity index is 3.08. The molecule has 0 radical (unpaired) electrons. The molecule has 6 heteroatoms. The zero-order valence-electron chi connectivity index (χ0n) is 10.1. The van der Waals surface area contributed by atoms with Crippen molar-refractivity contribution in [2.24, 2.45) is 0 Å². The molecule has 0 saturated carbocycles. The van der Waals surface area contributed by atoms with Gasteiger partial charge in [-0.1, -0.05) is 6.07 Å². The molecule has 0 bridgehead atoms. The molecule has 98 valence electrons. The Morgan fingerprint density at radius 1 is 1.44 bits per heavy atom. The van der Waals surface area contributed by atoms with Crippen molar-refractivity contribution in [1.82, 2.24) is 5.32 Å². The van der Waals surface area contributed by atoms with Crippen molar-refractivity contribution in [1.29, 1.82) is 0 Å². The summed E-state index contributed by atoms with van der Waals surface area (Å²) >= 11 is 5.60. The van der Waals surface area contributed by atoms with Crippen LogP contribution in [0.4, 0.5) is 10.1 Å². The molecule has 4 nitrogen and oxygen atoms in total. The van der Waals surface area contributed by atoms with E-state index in [1.165, 1.54) is 19.1 Å². The van der Waals surface area contributed by atoms with E-state index in [2.05, 4.69) is 10.6 Å². The van der Waals surface area contributed by atoms with Gasteiger partial charge in [-0.25, -0.2) is 4.39 Å². The summed E-state index contributed by atoms with van der Waals surface area (Å²) in [5.41, 5.74) is -0.0801. The molecule has 1 unspecified atom stereocenters. The van der Waals surface area contributed by atoms with E-state index < -0.39 is 23.0 Å². The second-order valence-corrected chi connectivity index (χ2v) is 4.28. The first-order valence-corrected chi connectivity index (χ1v) is 5.92. The van der Waals surface area contributed by atoms with Gasteiger partial charge >= 0.3 is 0 Å². The van der Waals surface area contributed by atoms with Crippen molar-refractivity contribution in [2.45, 2.75) is 19.2 Å². The van der Waals surface area contributed by atoms with Gasteiger partial charge in [-0.3, -0.25) is 9.59 Å². The van der Waals surface area contributed by atoms with Gasteiger partial charge in [-0.05, 0) is 26.0 Å². The van der Waals surface area contributed by atoms with Crippen LogP contribution in [0, 0.1) is 5.82 Å². The lowest BCUT2D eigenvalue weighted by atomic mass is 10.1. The number of nitrogens with one attached hydrogen (secondary N) is 2. The first kappa shape index (κ1) is 14.4. The van der Waals surface area contributed by atoms with Crippen LogP contribution in [0.25, 0.3) is 0 Å². The second kappa shape index (κ2) is 6.35.